The van der Waals surface area contributed by atoms with Gasteiger partial charge in [0.15, 0.2) is 0 Å². The summed E-state index contributed by atoms with van der Waals surface area (Å²) in [5.41, 5.74) is 2.98. The Balaban J connectivity index is 1.83. The third-order valence-corrected chi connectivity index (χ3v) is 4.52. The number of halogens is 1. The number of hydrogen-bond acceptors (Lipinski definition) is 3. The van der Waals surface area contributed by atoms with Crippen molar-refractivity contribution in [3.8, 4) is 5.75 Å². The zero-order chi connectivity index (χ0) is 18.7. The number of rotatable bonds is 5. The Hall–Kier alpha value is -2.40. The number of amides is 1. The van der Waals surface area contributed by atoms with Crippen LogP contribution in [-0.2, 0) is 4.79 Å². The van der Waals surface area contributed by atoms with Gasteiger partial charge < -0.3 is 4.74 Å². The summed E-state index contributed by atoms with van der Waals surface area (Å²) in [6, 6.07) is 15.2. The Morgan fingerprint density at radius 1 is 1.19 bits per heavy atom. The fourth-order valence-electron chi connectivity index (χ4n) is 2.58. The van der Waals surface area contributed by atoms with Crippen molar-refractivity contribution in [2.24, 2.45) is 11.0 Å². The molecule has 2 aromatic carbocycles. The maximum absolute atomic E-state index is 12.8. The van der Waals surface area contributed by atoms with Crippen LogP contribution in [0.25, 0.3) is 6.08 Å². The zero-order valence-electron chi connectivity index (χ0n) is 15.1. The predicted octanol–water partition coefficient (Wildman–Crippen LogP) is 5.29. The molecule has 3 rings (SSSR count). The largest absolute Gasteiger partial charge is 0.492 e. The Bertz CT molecular complexity index is 873. The molecule has 0 saturated carbocycles. The van der Waals surface area contributed by atoms with Gasteiger partial charge in [0.1, 0.15) is 5.75 Å². The van der Waals surface area contributed by atoms with Crippen LogP contribution in [0.2, 0.25) is 0 Å². The van der Waals surface area contributed by atoms with Crippen molar-refractivity contribution in [3.05, 3.63) is 64.1 Å². The van der Waals surface area contributed by atoms with Gasteiger partial charge in [-0.15, -0.1) is 0 Å². The quantitative estimate of drug-likeness (QED) is 0.625. The van der Waals surface area contributed by atoms with Gasteiger partial charge in [0.2, 0.25) is 0 Å². The SMILES string of the molecule is CC1=NN(c2ccccc2)C(=O)/C1=C\c1ccc(OCC(C)C)c(Br)c1. The highest BCUT2D eigenvalue weighted by atomic mass is 79.9. The van der Waals surface area contributed by atoms with Gasteiger partial charge in [-0.05, 0) is 64.7 Å². The number of benzene rings is 2. The van der Waals surface area contributed by atoms with Crippen LogP contribution in [0, 0.1) is 5.92 Å². The lowest BCUT2D eigenvalue weighted by Gasteiger charge is -2.12. The lowest BCUT2D eigenvalue weighted by molar-refractivity contribution is -0.114. The molecule has 4 nitrogen and oxygen atoms in total. The van der Waals surface area contributed by atoms with Crippen molar-refractivity contribution < 1.29 is 9.53 Å². The monoisotopic (exact) mass is 412 g/mol. The molecule has 0 fully saturated rings. The van der Waals surface area contributed by atoms with E-state index in [9.17, 15) is 4.79 Å². The summed E-state index contributed by atoms with van der Waals surface area (Å²) in [7, 11) is 0. The van der Waals surface area contributed by atoms with Crippen molar-refractivity contribution in [1.82, 2.24) is 0 Å². The lowest BCUT2D eigenvalue weighted by atomic mass is 10.1. The molecule has 0 spiro atoms. The molecule has 2 aromatic rings. The Morgan fingerprint density at radius 3 is 2.58 bits per heavy atom. The van der Waals surface area contributed by atoms with Gasteiger partial charge in [-0.25, -0.2) is 0 Å². The molecule has 0 aliphatic carbocycles. The van der Waals surface area contributed by atoms with Gasteiger partial charge in [-0.3, -0.25) is 4.79 Å². The smallest absolute Gasteiger partial charge is 0.280 e. The first-order chi connectivity index (χ1) is 12.5. The summed E-state index contributed by atoms with van der Waals surface area (Å²) in [6.07, 6.45) is 1.86. The van der Waals surface area contributed by atoms with E-state index in [-0.39, 0.29) is 5.91 Å². The first kappa shape index (κ1) is 18.4. The molecule has 26 heavy (non-hydrogen) atoms. The molecule has 0 saturated heterocycles. The van der Waals surface area contributed by atoms with E-state index in [4.69, 9.17) is 4.74 Å². The van der Waals surface area contributed by atoms with Crippen LogP contribution in [0.4, 0.5) is 5.69 Å². The average Bonchev–Trinajstić information content (AvgIpc) is 2.90. The van der Waals surface area contributed by atoms with Crippen molar-refractivity contribution in [1.29, 1.82) is 0 Å². The van der Waals surface area contributed by atoms with Crippen molar-refractivity contribution in [2.75, 3.05) is 11.6 Å². The highest BCUT2D eigenvalue weighted by Crippen LogP contribution is 2.29. The van der Waals surface area contributed by atoms with Gasteiger partial charge in [0.25, 0.3) is 5.91 Å². The molecule has 1 amide bonds. The fourth-order valence-corrected chi connectivity index (χ4v) is 3.09. The second-order valence-electron chi connectivity index (χ2n) is 6.59. The average molecular weight is 413 g/mol. The van der Waals surface area contributed by atoms with Crippen molar-refractivity contribution in [3.63, 3.8) is 0 Å². The maximum Gasteiger partial charge on any atom is 0.280 e. The van der Waals surface area contributed by atoms with Crippen LogP contribution in [0.3, 0.4) is 0 Å². The van der Waals surface area contributed by atoms with Crippen LogP contribution in [0.5, 0.6) is 5.75 Å². The predicted molar refractivity (Wildman–Crippen MR) is 109 cm³/mol. The van der Waals surface area contributed by atoms with Gasteiger partial charge in [0, 0.05) is 0 Å². The number of hydrazone groups is 1. The van der Waals surface area contributed by atoms with E-state index in [1.807, 2.05) is 61.5 Å². The van der Waals surface area contributed by atoms with Crippen LogP contribution in [-0.4, -0.2) is 18.2 Å². The normalized spacial score (nSPS) is 15.7. The summed E-state index contributed by atoms with van der Waals surface area (Å²) in [6.45, 7) is 6.73. The first-order valence-electron chi connectivity index (χ1n) is 8.55. The van der Waals surface area contributed by atoms with E-state index in [0.29, 0.717) is 23.8 Å². The molecule has 1 aliphatic heterocycles. The minimum absolute atomic E-state index is 0.120. The second-order valence-corrected chi connectivity index (χ2v) is 7.44. The van der Waals surface area contributed by atoms with Gasteiger partial charge in [-0.2, -0.15) is 10.1 Å². The van der Waals surface area contributed by atoms with Crippen molar-refractivity contribution in [2.45, 2.75) is 20.8 Å². The van der Waals surface area contributed by atoms with E-state index in [2.05, 4.69) is 34.9 Å². The fraction of sp³-hybridized carbons (Fsp3) is 0.238. The van der Waals surface area contributed by atoms with Crippen LogP contribution < -0.4 is 9.75 Å². The minimum atomic E-state index is -0.120. The lowest BCUT2D eigenvalue weighted by Crippen LogP contribution is -2.21. The molecule has 134 valence electrons. The molecule has 0 atom stereocenters. The molecule has 0 unspecified atom stereocenters. The Labute approximate surface area is 162 Å². The number of hydrogen-bond donors (Lipinski definition) is 0. The summed E-state index contributed by atoms with van der Waals surface area (Å²) in [5.74, 6) is 1.14. The highest BCUT2D eigenvalue weighted by Gasteiger charge is 2.28. The third kappa shape index (κ3) is 4.05. The van der Waals surface area contributed by atoms with Crippen LogP contribution >= 0.6 is 15.9 Å². The number of carbonyl (C=O) groups is 1. The molecule has 0 N–H and O–H groups in total. The number of anilines is 1. The van der Waals surface area contributed by atoms with Gasteiger partial charge in [-0.1, -0.05) is 38.1 Å². The summed E-state index contributed by atoms with van der Waals surface area (Å²) < 4.78 is 6.64. The molecule has 5 heteroatoms. The standard InChI is InChI=1S/C21H21BrN2O2/c1-14(2)13-26-20-10-9-16(12-19(20)22)11-18-15(3)23-24(21(18)25)17-7-5-4-6-8-17/h4-12,14H,13H2,1-3H3/b18-11-. The van der Waals surface area contributed by atoms with E-state index in [1.165, 1.54) is 5.01 Å². The number of nitrogens with zero attached hydrogens (tertiary/aromatic N) is 2. The highest BCUT2D eigenvalue weighted by molar-refractivity contribution is 9.10. The number of carbonyl (C=O) groups excluding carboxylic acids is 1. The summed E-state index contributed by atoms with van der Waals surface area (Å²) in [4.78, 5) is 12.8. The summed E-state index contributed by atoms with van der Waals surface area (Å²) >= 11 is 3.55. The molecule has 0 bridgehead atoms. The molecular formula is C21H21BrN2O2. The van der Waals surface area contributed by atoms with Crippen molar-refractivity contribution >= 4 is 39.3 Å². The molecule has 0 aromatic heterocycles. The molecule has 0 radical (unpaired) electrons. The Morgan fingerprint density at radius 2 is 1.92 bits per heavy atom. The number of para-hydroxylation sites is 1. The summed E-state index contributed by atoms with van der Waals surface area (Å²) in [5, 5.41) is 5.84. The van der Waals surface area contributed by atoms with E-state index in [1.54, 1.807) is 0 Å². The van der Waals surface area contributed by atoms with Gasteiger partial charge in [0.05, 0.1) is 28.1 Å². The van der Waals surface area contributed by atoms with Crippen LogP contribution in [0.15, 0.2) is 63.7 Å². The van der Waals surface area contributed by atoms with E-state index in [0.717, 1.165) is 21.5 Å². The second kappa shape index (κ2) is 7.87. The molecular weight excluding hydrogens is 392 g/mol. The first-order valence-corrected chi connectivity index (χ1v) is 9.34. The molecule has 1 aliphatic rings. The Kier molecular flexibility index (Phi) is 5.57. The van der Waals surface area contributed by atoms with Crippen LogP contribution in [0.1, 0.15) is 26.3 Å². The van der Waals surface area contributed by atoms with Gasteiger partial charge >= 0.3 is 0 Å². The molecule has 1 heterocycles. The maximum atomic E-state index is 12.8. The zero-order valence-corrected chi connectivity index (χ0v) is 16.7. The minimum Gasteiger partial charge on any atom is -0.492 e. The van der Waals surface area contributed by atoms with E-state index < -0.39 is 0 Å². The number of ether oxygens (including phenoxy) is 1. The topological polar surface area (TPSA) is 41.9 Å². The van der Waals surface area contributed by atoms with E-state index >= 15 is 0 Å². The third-order valence-electron chi connectivity index (χ3n) is 3.90.